The molecular weight excluding hydrogens is 282 g/mol. The molecule has 0 aromatic carbocycles. The molecule has 1 aromatic rings. The van der Waals surface area contributed by atoms with E-state index in [-0.39, 0.29) is 11.2 Å². The Morgan fingerprint density at radius 2 is 2.10 bits per heavy atom. The molecular formula is C17H27NO2S. The van der Waals surface area contributed by atoms with Gasteiger partial charge in [-0.1, -0.05) is 33.1 Å². The van der Waals surface area contributed by atoms with E-state index in [1.165, 1.54) is 19.3 Å². The normalized spacial score (nSPS) is 17.9. The summed E-state index contributed by atoms with van der Waals surface area (Å²) < 4.78 is 5.37. The Balaban J connectivity index is 1.94. The van der Waals surface area contributed by atoms with Gasteiger partial charge in [-0.2, -0.15) is 0 Å². The van der Waals surface area contributed by atoms with Crippen LogP contribution in [0.2, 0.25) is 0 Å². The summed E-state index contributed by atoms with van der Waals surface area (Å²) in [6.45, 7) is 4.26. The molecule has 1 fully saturated rings. The second-order valence-electron chi connectivity index (χ2n) is 6.30. The van der Waals surface area contributed by atoms with Gasteiger partial charge in [0.25, 0.3) is 0 Å². The average Bonchev–Trinajstić information content (AvgIpc) is 3.00. The van der Waals surface area contributed by atoms with Crippen LogP contribution in [0, 0.1) is 5.92 Å². The maximum atomic E-state index is 12.8. The van der Waals surface area contributed by atoms with E-state index >= 15 is 0 Å². The zero-order valence-corrected chi connectivity index (χ0v) is 14.2. The quantitative estimate of drug-likeness (QED) is 0.784. The van der Waals surface area contributed by atoms with Gasteiger partial charge in [0.1, 0.15) is 5.76 Å². The maximum absolute atomic E-state index is 12.8. The molecule has 0 spiro atoms. The van der Waals surface area contributed by atoms with Gasteiger partial charge in [0.2, 0.25) is 5.91 Å². The Morgan fingerprint density at radius 1 is 1.38 bits per heavy atom. The molecule has 1 aromatic heterocycles. The standard InChI is InChI=1S/C17H27NO2S/c1-13(2)16(21-12-15-10-7-11-20-15)17(19)18(3)14-8-5-4-6-9-14/h7,10-11,13-14,16H,4-6,8-9,12H2,1-3H3. The van der Waals surface area contributed by atoms with Crippen LogP contribution in [0.4, 0.5) is 0 Å². The second kappa shape index (κ2) is 7.92. The lowest BCUT2D eigenvalue weighted by atomic mass is 9.94. The van der Waals surface area contributed by atoms with Crippen LogP contribution >= 0.6 is 11.8 Å². The molecule has 0 radical (unpaired) electrons. The smallest absolute Gasteiger partial charge is 0.235 e. The molecule has 1 aliphatic carbocycles. The number of rotatable bonds is 6. The Labute approximate surface area is 132 Å². The third kappa shape index (κ3) is 4.53. The van der Waals surface area contributed by atoms with E-state index in [1.54, 1.807) is 18.0 Å². The number of nitrogens with zero attached hydrogens (tertiary/aromatic N) is 1. The SMILES string of the molecule is CC(C)C(SCc1ccco1)C(=O)N(C)C1CCCCC1. The minimum Gasteiger partial charge on any atom is -0.468 e. The van der Waals surface area contributed by atoms with Gasteiger partial charge in [-0.25, -0.2) is 0 Å². The lowest BCUT2D eigenvalue weighted by Crippen LogP contribution is -2.44. The third-order valence-electron chi connectivity index (χ3n) is 4.30. The molecule has 2 rings (SSSR count). The number of thioether (sulfide) groups is 1. The fourth-order valence-corrected chi connectivity index (χ4v) is 4.17. The van der Waals surface area contributed by atoms with Crippen LogP contribution < -0.4 is 0 Å². The molecule has 0 N–H and O–H groups in total. The zero-order chi connectivity index (χ0) is 15.2. The molecule has 1 saturated carbocycles. The fraction of sp³-hybridized carbons (Fsp3) is 0.706. The summed E-state index contributed by atoms with van der Waals surface area (Å²) in [5.41, 5.74) is 0. The van der Waals surface area contributed by atoms with Crippen LogP contribution in [0.3, 0.4) is 0 Å². The molecule has 1 amide bonds. The zero-order valence-electron chi connectivity index (χ0n) is 13.4. The van der Waals surface area contributed by atoms with Gasteiger partial charge in [0.15, 0.2) is 0 Å². The molecule has 21 heavy (non-hydrogen) atoms. The van der Waals surface area contributed by atoms with Crippen LogP contribution in [0.5, 0.6) is 0 Å². The molecule has 0 bridgehead atoms. The highest BCUT2D eigenvalue weighted by molar-refractivity contribution is 7.99. The summed E-state index contributed by atoms with van der Waals surface area (Å²) in [7, 11) is 1.99. The second-order valence-corrected chi connectivity index (χ2v) is 7.43. The topological polar surface area (TPSA) is 33.5 Å². The van der Waals surface area contributed by atoms with Crippen molar-refractivity contribution in [3.05, 3.63) is 24.2 Å². The number of hydrogen-bond acceptors (Lipinski definition) is 3. The number of amides is 1. The van der Waals surface area contributed by atoms with Gasteiger partial charge in [0.05, 0.1) is 17.3 Å². The molecule has 4 heteroatoms. The van der Waals surface area contributed by atoms with Gasteiger partial charge in [-0.3, -0.25) is 4.79 Å². The summed E-state index contributed by atoms with van der Waals surface area (Å²) in [6, 6.07) is 4.31. The highest BCUT2D eigenvalue weighted by Crippen LogP contribution is 2.28. The number of carbonyl (C=O) groups excluding carboxylic acids is 1. The van der Waals surface area contributed by atoms with Crippen molar-refractivity contribution in [1.82, 2.24) is 4.90 Å². The first-order valence-electron chi connectivity index (χ1n) is 8.00. The first-order chi connectivity index (χ1) is 10.1. The summed E-state index contributed by atoms with van der Waals surface area (Å²) in [5.74, 6) is 2.33. The van der Waals surface area contributed by atoms with E-state index in [2.05, 4.69) is 13.8 Å². The Bertz CT molecular complexity index is 424. The first-order valence-corrected chi connectivity index (χ1v) is 9.05. The van der Waals surface area contributed by atoms with Crippen LogP contribution in [0.1, 0.15) is 51.7 Å². The third-order valence-corrected chi connectivity index (χ3v) is 5.86. The lowest BCUT2D eigenvalue weighted by molar-refractivity contribution is -0.132. The molecule has 3 nitrogen and oxygen atoms in total. The van der Waals surface area contributed by atoms with Crippen molar-refractivity contribution in [2.75, 3.05) is 7.05 Å². The highest BCUT2D eigenvalue weighted by atomic mass is 32.2. The predicted octanol–water partition coefficient (Wildman–Crippen LogP) is 4.33. The largest absolute Gasteiger partial charge is 0.468 e. The van der Waals surface area contributed by atoms with Crippen LogP contribution in [-0.4, -0.2) is 29.1 Å². The first kappa shape index (κ1) is 16.5. The van der Waals surface area contributed by atoms with Gasteiger partial charge in [0, 0.05) is 13.1 Å². The molecule has 0 saturated heterocycles. The van der Waals surface area contributed by atoms with Gasteiger partial charge in [-0.15, -0.1) is 11.8 Å². The molecule has 1 unspecified atom stereocenters. The molecule has 0 aliphatic heterocycles. The average molecular weight is 309 g/mol. The van der Waals surface area contributed by atoms with Crippen molar-refractivity contribution in [2.45, 2.75) is 63.0 Å². The highest BCUT2D eigenvalue weighted by Gasteiger charge is 2.30. The minimum atomic E-state index is 0.0158. The van der Waals surface area contributed by atoms with Crippen molar-refractivity contribution < 1.29 is 9.21 Å². The molecule has 1 aliphatic rings. The molecule has 1 atom stereocenters. The summed E-state index contributed by atoms with van der Waals surface area (Å²) in [6.07, 6.45) is 7.85. The van der Waals surface area contributed by atoms with Crippen molar-refractivity contribution in [3.8, 4) is 0 Å². The van der Waals surface area contributed by atoms with E-state index in [0.29, 0.717) is 12.0 Å². The van der Waals surface area contributed by atoms with Crippen molar-refractivity contribution in [2.24, 2.45) is 5.92 Å². The summed E-state index contributed by atoms with van der Waals surface area (Å²) >= 11 is 1.70. The van der Waals surface area contributed by atoms with Crippen LogP contribution in [0.25, 0.3) is 0 Å². The predicted molar refractivity (Wildman–Crippen MR) is 88.3 cm³/mol. The molecule has 1 heterocycles. The lowest BCUT2D eigenvalue weighted by Gasteiger charge is -2.34. The van der Waals surface area contributed by atoms with Gasteiger partial charge in [-0.05, 0) is 30.9 Å². The van der Waals surface area contributed by atoms with Crippen molar-refractivity contribution >= 4 is 17.7 Å². The van der Waals surface area contributed by atoms with Crippen molar-refractivity contribution in [1.29, 1.82) is 0 Å². The Hall–Kier alpha value is -0.900. The van der Waals surface area contributed by atoms with E-state index < -0.39 is 0 Å². The van der Waals surface area contributed by atoms with Gasteiger partial charge < -0.3 is 9.32 Å². The van der Waals surface area contributed by atoms with Crippen molar-refractivity contribution in [3.63, 3.8) is 0 Å². The monoisotopic (exact) mass is 309 g/mol. The summed E-state index contributed by atoms with van der Waals surface area (Å²) in [5, 5.41) is 0.0158. The van der Waals surface area contributed by atoms with E-state index in [1.807, 2.05) is 24.1 Å². The summed E-state index contributed by atoms with van der Waals surface area (Å²) in [4.78, 5) is 14.8. The Morgan fingerprint density at radius 3 is 2.67 bits per heavy atom. The van der Waals surface area contributed by atoms with Crippen LogP contribution in [0.15, 0.2) is 22.8 Å². The number of furan rings is 1. The number of hydrogen-bond donors (Lipinski definition) is 0. The fourth-order valence-electron chi connectivity index (χ4n) is 2.96. The maximum Gasteiger partial charge on any atom is 0.235 e. The van der Waals surface area contributed by atoms with E-state index in [9.17, 15) is 4.79 Å². The number of carbonyl (C=O) groups is 1. The van der Waals surface area contributed by atoms with Gasteiger partial charge >= 0.3 is 0 Å². The Kier molecular flexibility index (Phi) is 6.22. The molecule has 118 valence electrons. The minimum absolute atomic E-state index is 0.0158. The van der Waals surface area contributed by atoms with E-state index in [4.69, 9.17) is 4.42 Å². The van der Waals surface area contributed by atoms with E-state index in [0.717, 1.165) is 24.4 Å². The van der Waals surface area contributed by atoms with Crippen LogP contribution in [-0.2, 0) is 10.5 Å².